The number of primary sulfonamides is 1. The number of sulfonamides is 1. The molecule has 0 unspecified atom stereocenters. The zero-order valence-electron chi connectivity index (χ0n) is 13.3. The first-order chi connectivity index (χ1) is 10.3. The number of nitrogens with zero attached hydrogens (tertiary/aromatic N) is 3. The van der Waals surface area contributed by atoms with Crippen molar-refractivity contribution in [3.8, 4) is 0 Å². The van der Waals surface area contributed by atoms with Crippen LogP contribution in [0.2, 0.25) is 0 Å². The summed E-state index contributed by atoms with van der Waals surface area (Å²) in [5.41, 5.74) is 0. The molecule has 8 heteroatoms. The summed E-state index contributed by atoms with van der Waals surface area (Å²) in [6.07, 6.45) is 1.99. The number of rotatable bonds is 5. The van der Waals surface area contributed by atoms with Crippen LogP contribution >= 0.6 is 0 Å². The molecule has 2 N–H and O–H groups in total. The first-order valence-electron chi connectivity index (χ1n) is 7.34. The summed E-state index contributed by atoms with van der Waals surface area (Å²) in [7, 11) is -1.95. The molecular weight excluding hydrogens is 304 g/mol. The molecule has 0 aliphatic carbocycles. The maximum atomic E-state index is 11.6. The molecule has 0 saturated carbocycles. The Morgan fingerprint density at radius 3 is 2.64 bits per heavy atom. The molecule has 1 aromatic rings. The predicted octanol–water partition coefficient (Wildman–Crippen LogP) is 0.274. The third-order valence-electron chi connectivity index (χ3n) is 3.67. The van der Waals surface area contributed by atoms with Gasteiger partial charge in [0.05, 0.1) is 12.2 Å². The Kier molecular flexibility index (Phi) is 5.38. The van der Waals surface area contributed by atoms with E-state index in [-0.39, 0.29) is 17.1 Å². The lowest BCUT2D eigenvalue weighted by Gasteiger charge is -2.36. The van der Waals surface area contributed by atoms with Crippen LogP contribution in [-0.2, 0) is 14.8 Å². The van der Waals surface area contributed by atoms with Crippen molar-refractivity contribution in [3.05, 3.63) is 18.3 Å². The van der Waals surface area contributed by atoms with Gasteiger partial charge >= 0.3 is 0 Å². The van der Waals surface area contributed by atoms with Gasteiger partial charge in [0.1, 0.15) is 10.7 Å². The standard InChI is InChI=1S/C14H24N4O3S/c1-11-9-18(10-12(2)21-11)8-7-17(3)14-13(22(15,19)20)5-4-6-16-14/h4-6,11-12H,7-10H2,1-3H3,(H2,15,19,20)/t11-,12+. The van der Waals surface area contributed by atoms with Crippen LogP contribution in [-0.4, -0.2) is 63.7 Å². The van der Waals surface area contributed by atoms with Crippen molar-refractivity contribution in [2.75, 3.05) is 38.1 Å². The topological polar surface area (TPSA) is 88.8 Å². The molecule has 2 rings (SSSR count). The number of aromatic nitrogens is 1. The highest BCUT2D eigenvalue weighted by Gasteiger charge is 2.23. The molecule has 2 atom stereocenters. The molecule has 0 spiro atoms. The van der Waals surface area contributed by atoms with Gasteiger partial charge < -0.3 is 9.64 Å². The second-order valence-corrected chi connectivity index (χ2v) is 7.34. The SMILES string of the molecule is C[C@@H]1CN(CCN(C)c2ncccc2S(N)(=O)=O)C[C@H](C)O1. The Labute approximate surface area is 132 Å². The maximum Gasteiger partial charge on any atom is 0.241 e. The van der Waals surface area contributed by atoms with Crippen LogP contribution in [0.25, 0.3) is 0 Å². The van der Waals surface area contributed by atoms with Crippen molar-refractivity contribution >= 4 is 15.8 Å². The normalized spacial score (nSPS) is 23.5. The lowest BCUT2D eigenvalue weighted by molar-refractivity contribution is -0.0670. The van der Waals surface area contributed by atoms with Crippen LogP contribution in [0, 0.1) is 0 Å². The molecule has 2 heterocycles. The van der Waals surface area contributed by atoms with Gasteiger partial charge in [-0.05, 0) is 26.0 Å². The fourth-order valence-corrected chi connectivity index (χ4v) is 3.49. The Morgan fingerprint density at radius 1 is 1.41 bits per heavy atom. The van der Waals surface area contributed by atoms with E-state index in [4.69, 9.17) is 9.88 Å². The number of anilines is 1. The summed E-state index contributed by atoms with van der Waals surface area (Å²) in [6, 6.07) is 3.05. The molecule has 1 aliphatic rings. The number of hydrogen-bond acceptors (Lipinski definition) is 6. The van der Waals surface area contributed by atoms with Crippen molar-refractivity contribution in [1.29, 1.82) is 0 Å². The molecule has 0 bridgehead atoms. The highest BCUT2D eigenvalue weighted by molar-refractivity contribution is 7.89. The maximum absolute atomic E-state index is 11.6. The Morgan fingerprint density at radius 2 is 2.05 bits per heavy atom. The fraction of sp³-hybridized carbons (Fsp3) is 0.643. The van der Waals surface area contributed by atoms with Crippen molar-refractivity contribution in [2.45, 2.75) is 31.0 Å². The van der Waals surface area contributed by atoms with E-state index in [0.717, 1.165) is 19.6 Å². The number of ether oxygens (including phenoxy) is 1. The second kappa shape index (κ2) is 6.91. The van der Waals surface area contributed by atoms with E-state index >= 15 is 0 Å². The quantitative estimate of drug-likeness (QED) is 0.835. The number of morpholine rings is 1. The Hall–Kier alpha value is -1.22. The molecule has 0 amide bonds. The molecule has 1 aromatic heterocycles. The van der Waals surface area contributed by atoms with Crippen molar-refractivity contribution in [3.63, 3.8) is 0 Å². The average molecular weight is 328 g/mol. The minimum atomic E-state index is -3.78. The van der Waals surface area contributed by atoms with E-state index in [0.29, 0.717) is 12.4 Å². The lowest BCUT2D eigenvalue weighted by atomic mass is 10.2. The van der Waals surface area contributed by atoms with Gasteiger partial charge in [0.25, 0.3) is 0 Å². The number of pyridine rings is 1. The first-order valence-corrected chi connectivity index (χ1v) is 8.88. The van der Waals surface area contributed by atoms with Crippen molar-refractivity contribution < 1.29 is 13.2 Å². The van der Waals surface area contributed by atoms with E-state index < -0.39 is 10.0 Å². The number of hydrogen-bond donors (Lipinski definition) is 1. The zero-order valence-corrected chi connectivity index (χ0v) is 14.1. The molecule has 22 heavy (non-hydrogen) atoms. The van der Waals surface area contributed by atoms with Gasteiger partial charge in [0.15, 0.2) is 0 Å². The predicted molar refractivity (Wildman–Crippen MR) is 85.3 cm³/mol. The van der Waals surface area contributed by atoms with Crippen LogP contribution < -0.4 is 10.0 Å². The molecule has 7 nitrogen and oxygen atoms in total. The molecule has 1 saturated heterocycles. The van der Waals surface area contributed by atoms with Gasteiger partial charge in [-0.25, -0.2) is 18.5 Å². The van der Waals surface area contributed by atoms with E-state index in [9.17, 15) is 8.42 Å². The average Bonchev–Trinajstić information content (AvgIpc) is 2.43. The first kappa shape index (κ1) is 17.1. The third-order valence-corrected chi connectivity index (χ3v) is 4.60. The molecule has 0 aromatic carbocycles. The number of likely N-dealkylation sites (N-methyl/N-ethyl adjacent to an activating group) is 1. The monoisotopic (exact) mass is 328 g/mol. The second-order valence-electron chi connectivity index (χ2n) is 5.81. The van der Waals surface area contributed by atoms with Crippen LogP contribution in [0.1, 0.15) is 13.8 Å². The van der Waals surface area contributed by atoms with Crippen LogP contribution in [0.5, 0.6) is 0 Å². The van der Waals surface area contributed by atoms with Crippen LogP contribution in [0.15, 0.2) is 23.2 Å². The Balaban J connectivity index is 2.03. The van der Waals surface area contributed by atoms with E-state index in [1.165, 1.54) is 6.07 Å². The molecule has 1 aliphatic heterocycles. The van der Waals surface area contributed by atoms with Gasteiger partial charge in [0.2, 0.25) is 10.0 Å². The smallest absolute Gasteiger partial charge is 0.241 e. The molecule has 124 valence electrons. The van der Waals surface area contributed by atoms with E-state index in [1.807, 2.05) is 11.9 Å². The highest BCUT2D eigenvalue weighted by atomic mass is 32.2. The van der Waals surface area contributed by atoms with Gasteiger partial charge in [-0.2, -0.15) is 0 Å². The summed E-state index contributed by atoms with van der Waals surface area (Å²) < 4.78 is 29.0. The lowest BCUT2D eigenvalue weighted by Crippen LogP contribution is -2.47. The van der Waals surface area contributed by atoms with Gasteiger partial charge in [-0.1, -0.05) is 0 Å². The van der Waals surface area contributed by atoms with Crippen molar-refractivity contribution in [2.24, 2.45) is 5.14 Å². The van der Waals surface area contributed by atoms with Gasteiger partial charge in [0, 0.05) is 39.4 Å². The third kappa shape index (κ3) is 4.39. The zero-order chi connectivity index (χ0) is 16.3. The Bertz CT molecular complexity index is 598. The molecular formula is C14H24N4O3S. The fourth-order valence-electron chi connectivity index (χ4n) is 2.76. The summed E-state index contributed by atoms with van der Waals surface area (Å²) in [6.45, 7) is 7.35. The van der Waals surface area contributed by atoms with Gasteiger partial charge in [-0.15, -0.1) is 0 Å². The number of nitrogens with two attached hydrogens (primary N) is 1. The van der Waals surface area contributed by atoms with Gasteiger partial charge in [-0.3, -0.25) is 4.90 Å². The summed E-state index contributed by atoms with van der Waals surface area (Å²) in [4.78, 5) is 8.36. The van der Waals surface area contributed by atoms with Crippen molar-refractivity contribution in [1.82, 2.24) is 9.88 Å². The van der Waals surface area contributed by atoms with Crippen LogP contribution in [0.4, 0.5) is 5.82 Å². The van der Waals surface area contributed by atoms with Crippen LogP contribution in [0.3, 0.4) is 0 Å². The minimum Gasteiger partial charge on any atom is -0.373 e. The summed E-state index contributed by atoms with van der Waals surface area (Å²) in [5, 5.41) is 5.25. The largest absolute Gasteiger partial charge is 0.373 e. The highest BCUT2D eigenvalue weighted by Crippen LogP contribution is 2.20. The molecule has 0 radical (unpaired) electrons. The minimum absolute atomic E-state index is 0.0567. The summed E-state index contributed by atoms with van der Waals surface area (Å²) in [5.74, 6) is 0.388. The van der Waals surface area contributed by atoms with E-state index in [2.05, 4.69) is 23.7 Å². The molecule has 1 fully saturated rings. The van der Waals surface area contributed by atoms with E-state index in [1.54, 1.807) is 12.3 Å². The summed E-state index contributed by atoms with van der Waals surface area (Å²) >= 11 is 0.